The van der Waals surface area contributed by atoms with Gasteiger partial charge in [0.15, 0.2) is 0 Å². The van der Waals surface area contributed by atoms with Gasteiger partial charge in [-0.1, -0.05) is 6.07 Å². The maximum absolute atomic E-state index is 13.3. The molecular weight excluding hydrogens is 466 g/mol. The molecular formula is C28H31N7O2. The molecule has 2 aliphatic rings. The minimum Gasteiger partial charge on any atom is -0.336 e. The van der Waals surface area contributed by atoms with Crippen molar-refractivity contribution in [3.05, 3.63) is 81.0 Å². The van der Waals surface area contributed by atoms with Gasteiger partial charge in [0.1, 0.15) is 0 Å². The molecule has 2 aromatic carbocycles. The number of benzene rings is 2. The van der Waals surface area contributed by atoms with Crippen LogP contribution in [0.2, 0.25) is 0 Å². The van der Waals surface area contributed by atoms with Gasteiger partial charge < -0.3 is 20.2 Å². The Labute approximate surface area is 214 Å². The van der Waals surface area contributed by atoms with Gasteiger partial charge in [0.05, 0.1) is 16.7 Å². The van der Waals surface area contributed by atoms with Crippen LogP contribution in [-0.2, 0) is 13.1 Å². The molecule has 4 aromatic rings. The van der Waals surface area contributed by atoms with E-state index in [-0.39, 0.29) is 17.6 Å². The van der Waals surface area contributed by atoms with E-state index < -0.39 is 0 Å². The molecule has 190 valence electrons. The summed E-state index contributed by atoms with van der Waals surface area (Å²) in [6, 6.07) is 12.2. The molecule has 37 heavy (non-hydrogen) atoms. The minimum absolute atomic E-state index is 0.00701. The second-order valence-corrected chi connectivity index (χ2v) is 10.4. The van der Waals surface area contributed by atoms with Crippen molar-refractivity contribution < 1.29 is 4.79 Å². The number of anilines is 2. The predicted molar refractivity (Wildman–Crippen MR) is 143 cm³/mol. The lowest BCUT2D eigenvalue weighted by molar-refractivity contribution is 0.0460. The van der Waals surface area contributed by atoms with Gasteiger partial charge in [-0.2, -0.15) is 0 Å². The van der Waals surface area contributed by atoms with Gasteiger partial charge in [-0.25, -0.2) is 14.8 Å². The molecule has 4 heterocycles. The molecule has 2 atom stereocenters. The number of piperidine rings is 1. The zero-order valence-corrected chi connectivity index (χ0v) is 21.3. The number of hydrogen-bond donors (Lipinski definition) is 3. The summed E-state index contributed by atoms with van der Waals surface area (Å²) >= 11 is 0. The van der Waals surface area contributed by atoms with Crippen LogP contribution < -0.4 is 11.0 Å². The predicted octanol–water partition coefficient (Wildman–Crippen LogP) is 4.02. The van der Waals surface area contributed by atoms with Gasteiger partial charge in [-0.15, -0.1) is 0 Å². The molecule has 1 saturated heterocycles. The smallest absolute Gasteiger partial charge is 0.323 e. The quantitative estimate of drug-likeness (QED) is 0.393. The third kappa shape index (κ3) is 4.62. The third-order valence-electron chi connectivity index (χ3n) is 7.55. The van der Waals surface area contributed by atoms with Crippen LogP contribution in [0.1, 0.15) is 52.5 Å². The normalized spacial score (nSPS) is 19.8. The van der Waals surface area contributed by atoms with Crippen LogP contribution in [0, 0.1) is 13.8 Å². The third-order valence-corrected chi connectivity index (χ3v) is 7.55. The van der Waals surface area contributed by atoms with E-state index >= 15 is 0 Å². The summed E-state index contributed by atoms with van der Waals surface area (Å²) in [5.74, 6) is 0.632. The number of fused-ring (bicyclic) bond motifs is 2. The average Bonchev–Trinajstić information content (AvgIpc) is 3.44. The van der Waals surface area contributed by atoms with Crippen molar-refractivity contribution >= 4 is 28.6 Å². The second kappa shape index (κ2) is 9.15. The van der Waals surface area contributed by atoms with Crippen molar-refractivity contribution in [1.29, 1.82) is 0 Å². The number of H-pyrrole nitrogens is 2. The van der Waals surface area contributed by atoms with Crippen LogP contribution in [-0.4, -0.2) is 54.3 Å². The van der Waals surface area contributed by atoms with Crippen molar-refractivity contribution in [2.75, 3.05) is 11.9 Å². The van der Waals surface area contributed by atoms with Gasteiger partial charge in [-0.05, 0) is 75.1 Å². The fourth-order valence-corrected chi connectivity index (χ4v) is 5.78. The number of hydrogen-bond acceptors (Lipinski definition) is 6. The highest BCUT2D eigenvalue weighted by Crippen LogP contribution is 2.31. The van der Waals surface area contributed by atoms with Gasteiger partial charge in [0, 0.05) is 54.7 Å². The highest BCUT2D eigenvalue weighted by Gasteiger charge is 2.35. The van der Waals surface area contributed by atoms with E-state index in [4.69, 9.17) is 4.98 Å². The zero-order chi connectivity index (χ0) is 25.7. The zero-order valence-electron chi connectivity index (χ0n) is 21.3. The fourth-order valence-electron chi connectivity index (χ4n) is 5.78. The van der Waals surface area contributed by atoms with Crippen molar-refractivity contribution in [2.24, 2.45) is 0 Å². The molecule has 0 unspecified atom stereocenters. The number of likely N-dealkylation sites (tertiary alicyclic amines) is 1. The Bertz CT molecular complexity index is 1540. The molecule has 0 spiro atoms. The minimum atomic E-state index is -0.266. The van der Waals surface area contributed by atoms with E-state index in [1.807, 2.05) is 11.1 Å². The SMILES string of the molecule is Cc1cc(C)cc(Nc2ncc3c(n2)CN([C@@H]2CCN(C(=O)c4ccc5[nH]c(=O)[nH]c5c4)[C@H](C)C2)C3)c1. The summed E-state index contributed by atoms with van der Waals surface area (Å²) in [7, 11) is 0. The number of rotatable bonds is 4. The van der Waals surface area contributed by atoms with Crippen LogP contribution in [0.15, 0.2) is 47.4 Å². The van der Waals surface area contributed by atoms with Gasteiger partial charge in [0.2, 0.25) is 5.95 Å². The van der Waals surface area contributed by atoms with Crippen molar-refractivity contribution in [3.8, 4) is 0 Å². The van der Waals surface area contributed by atoms with Crippen molar-refractivity contribution in [1.82, 2.24) is 29.7 Å². The fraction of sp³-hybridized carbons (Fsp3) is 0.357. The summed E-state index contributed by atoms with van der Waals surface area (Å²) in [5, 5.41) is 3.36. The van der Waals surface area contributed by atoms with Gasteiger partial charge >= 0.3 is 5.69 Å². The molecule has 1 fully saturated rings. The molecule has 2 aliphatic heterocycles. The Morgan fingerprint density at radius 1 is 1.05 bits per heavy atom. The Morgan fingerprint density at radius 3 is 2.62 bits per heavy atom. The summed E-state index contributed by atoms with van der Waals surface area (Å²) < 4.78 is 0. The first-order chi connectivity index (χ1) is 17.8. The number of amides is 1. The van der Waals surface area contributed by atoms with Gasteiger partial charge in [0.25, 0.3) is 5.91 Å². The largest absolute Gasteiger partial charge is 0.336 e. The van der Waals surface area contributed by atoms with E-state index in [1.165, 1.54) is 16.7 Å². The summed E-state index contributed by atoms with van der Waals surface area (Å²) in [4.78, 5) is 44.1. The summed E-state index contributed by atoms with van der Waals surface area (Å²) in [6.45, 7) is 8.62. The van der Waals surface area contributed by atoms with E-state index in [2.05, 4.69) is 64.1 Å². The first-order valence-electron chi connectivity index (χ1n) is 12.8. The highest BCUT2D eigenvalue weighted by atomic mass is 16.2. The summed E-state index contributed by atoms with van der Waals surface area (Å²) in [6.07, 6.45) is 3.76. The van der Waals surface area contributed by atoms with Crippen LogP contribution in [0.3, 0.4) is 0 Å². The first-order valence-corrected chi connectivity index (χ1v) is 12.8. The van der Waals surface area contributed by atoms with Crippen LogP contribution in [0.5, 0.6) is 0 Å². The lowest BCUT2D eigenvalue weighted by Gasteiger charge is -2.41. The summed E-state index contributed by atoms with van der Waals surface area (Å²) in [5.41, 5.74) is 7.34. The molecule has 9 heteroatoms. The number of carbonyl (C=O) groups is 1. The topological polar surface area (TPSA) is 110 Å². The maximum atomic E-state index is 13.3. The molecule has 0 radical (unpaired) electrons. The van der Waals surface area contributed by atoms with E-state index in [1.54, 1.807) is 18.2 Å². The lowest BCUT2D eigenvalue weighted by atomic mass is 9.96. The molecule has 6 rings (SSSR count). The van der Waals surface area contributed by atoms with Crippen molar-refractivity contribution in [3.63, 3.8) is 0 Å². The maximum Gasteiger partial charge on any atom is 0.323 e. The van der Waals surface area contributed by atoms with E-state index in [9.17, 15) is 9.59 Å². The molecule has 0 aliphatic carbocycles. The number of aromatic amines is 2. The van der Waals surface area contributed by atoms with Crippen molar-refractivity contribution in [2.45, 2.75) is 58.8 Å². The number of imidazole rings is 1. The highest BCUT2D eigenvalue weighted by molar-refractivity contribution is 5.97. The van der Waals surface area contributed by atoms with E-state index in [0.717, 1.165) is 37.3 Å². The molecule has 9 nitrogen and oxygen atoms in total. The molecule has 0 saturated carbocycles. The Balaban J connectivity index is 1.11. The Kier molecular flexibility index (Phi) is 5.79. The average molecular weight is 498 g/mol. The molecule has 2 aromatic heterocycles. The van der Waals surface area contributed by atoms with Crippen LogP contribution in [0.25, 0.3) is 11.0 Å². The standard InChI is InChI=1S/C28H31N7O2/c1-16-8-17(2)10-21(9-16)30-27-29-13-20-14-34(15-25(20)31-27)22-6-7-35(18(3)11-22)26(36)19-4-5-23-24(12-19)33-28(37)32-23/h4-5,8-10,12-13,18,22H,6-7,11,14-15H2,1-3H3,(H,29,30,31)(H2,32,33,37)/t18-,22-/m1/s1. The Morgan fingerprint density at radius 2 is 1.84 bits per heavy atom. The lowest BCUT2D eigenvalue weighted by Crippen LogP contribution is -2.50. The Hall–Kier alpha value is -3.98. The number of carbonyl (C=O) groups excluding carboxylic acids is 1. The van der Waals surface area contributed by atoms with Crippen LogP contribution in [0.4, 0.5) is 11.6 Å². The molecule has 0 bridgehead atoms. The second-order valence-electron chi connectivity index (χ2n) is 10.4. The molecule has 1 amide bonds. The number of aryl methyl sites for hydroxylation is 2. The van der Waals surface area contributed by atoms with Gasteiger partial charge in [-0.3, -0.25) is 9.69 Å². The number of nitrogens with one attached hydrogen (secondary N) is 3. The van der Waals surface area contributed by atoms with Crippen LogP contribution >= 0.6 is 0 Å². The molecule has 3 N–H and O–H groups in total. The monoisotopic (exact) mass is 497 g/mol. The number of aromatic nitrogens is 4. The first kappa shape index (κ1) is 23.4. The number of nitrogens with zero attached hydrogens (tertiary/aromatic N) is 4. The van der Waals surface area contributed by atoms with E-state index in [0.29, 0.717) is 35.1 Å².